The molecule has 0 amide bonds. The van der Waals surface area contributed by atoms with E-state index in [0.29, 0.717) is 0 Å². The summed E-state index contributed by atoms with van der Waals surface area (Å²) < 4.78 is 0. The molecule has 1 aromatic heterocycles. The highest BCUT2D eigenvalue weighted by Crippen LogP contribution is 2.12. The third-order valence-corrected chi connectivity index (χ3v) is 2.58. The molecule has 0 fully saturated rings. The summed E-state index contributed by atoms with van der Waals surface area (Å²) in [5.41, 5.74) is 0. The van der Waals surface area contributed by atoms with E-state index in [1.54, 1.807) is 11.3 Å². The molecule has 12 heavy (non-hydrogen) atoms. The van der Waals surface area contributed by atoms with E-state index in [4.69, 9.17) is 0 Å². The Hall–Kier alpha value is -0.700. The maximum Gasteiger partial charge on any atom is 0.121 e. The molecule has 0 aliphatic carbocycles. The predicted octanol–water partition coefficient (Wildman–Crippen LogP) is 2.61. The molecule has 0 radical (unpaired) electrons. The molecule has 0 unspecified atom stereocenters. The molecule has 0 aliphatic rings. The molecule has 1 aromatic rings. The molecule has 1 heterocycles. The van der Waals surface area contributed by atoms with Crippen LogP contribution >= 0.6 is 11.3 Å². The van der Waals surface area contributed by atoms with E-state index in [0.717, 1.165) is 22.9 Å². The highest BCUT2D eigenvalue weighted by Gasteiger charge is 2.00. The van der Waals surface area contributed by atoms with Crippen molar-refractivity contribution in [3.63, 3.8) is 0 Å². The largest absolute Gasteiger partial charge is 0.144 e. The number of hydrogen-bond acceptors (Lipinski definition) is 3. The molecule has 3 heteroatoms. The van der Waals surface area contributed by atoms with Crippen molar-refractivity contribution in [3.05, 3.63) is 22.7 Å². The van der Waals surface area contributed by atoms with Gasteiger partial charge in [0, 0.05) is 12.8 Å². The Bertz CT molecular complexity index is 242. The number of aromatic nitrogens is 2. The summed E-state index contributed by atoms with van der Waals surface area (Å²) in [4.78, 5) is 0. The Labute approximate surface area is 77.3 Å². The predicted molar refractivity (Wildman–Crippen MR) is 52.4 cm³/mol. The number of allylic oxidation sites excluding steroid dienone is 1. The minimum atomic E-state index is 0.851. The number of hydrogen-bond donors (Lipinski definition) is 0. The van der Waals surface area contributed by atoms with Gasteiger partial charge in [-0.25, -0.2) is 0 Å². The second-order valence-corrected chi connectivity index (χ2v) is 3.83. The van der Waals surface area contributed by atoms with Gasteiger partial charge in [0.1, 0.15) is 10.0 Å². The second-order valence-electron chi connectivity index (χ2n) is 2.69. The molecule has 0 aliphatic heterocycles. The smallest absolute Gasteiger partial charge is 0.121 e. The minimum absolute atomic E-state index is 0.851. The third kappa shape index (κ3) is 2.74. The van der Waals surface area contributed by atoms with Crippen LogP contribution in [-0.4, -0.2) is 10.2 Å². The first-order chi connectivity index (χ1) is 5.86. The molecule has 0 saturated carbocycles. The van der Waals surface area contributed by atoms with Crippen LogP contribution in [-0.2, 0) is 12.8 Å². The second kappa shape index (κ2) is 5.04. The van der Waals surface area contributed by atoms with Crippen LogP contribution in [0, 0.1) is 0 Å². The van der Waals surface area contributed by atoms with Gasteiger partial charge in [-0.3, -0.25) is 0 Å². The minimum Gasteiger partial charge on any atom is -0.144 e. The van der Waals surface area contributed by atoms with Gasteiger partial charge in [0.25, 0.3) is 0 Å². The maximum atomic E-state index is 4.09. The van der Waals surface area contributed by atoms with Crippen LogP contribution in [0.4, 0.5) is 0 Å². The Morgan fingerprint density at radius 3 is 2.83 bits per heavy atom. The maximum absolute atomic E-state index is 4.09. The zero-order chi connectivity index (χ0) is 8.81. The van der Waals surface area contributed by atoms with Crippen molar-refractivity contribution in [2.45, 2.75) is 32.6 Å². The van der Waals surface area contributed by atoms with Gasteiger partial charge in [-0.1, -0.05) is 19.4 Å². The van der Waals surface area contributed by atoms with Crippen LogP contribution < -0.4 is 0 Å². The summed E-state index contributed by atoms with van der Waals surface area (Å²) in [6.45, 7) is 5.85. The first-order valence-corrected chi connectivity index (χ1v) is 5.10. The molecule has 0 aromatic carbocycles. The molecule has 66 valence electrons. The van der Waals surface area contributed by atoms with E-state index >= 15 is 0 Å². The molecule has 0 bridgehead atoms. The Morgan fingerprint density at radius 1 is 1.42 bits per heavy atom. The lowest BCUT2D eigenvalue weighted by atomic mass is 10.3. The first kappa shape index (κ1) is 9.39. The van der Waals surface area contributed by atoms with E-state index in [-0.39, 0.29) is 0 Å². The summed E-state index contributed by atoms with van der Waals surface area (Å²) in [5.74, 6) is 0. The lowest BCUT2D eigenvalue weighted by Crippen LogP contribution is -1.82. The average molecular weight is 182 g/mol. The highest BCUT2D eigenvalue weighted by atomic mass is 32.1. The summed E-state index contributed by atoms with van der Waals surface area (Å²) in [6, 6.07) is 0. The van der Waals surface area contributed by atoms with Crippen molar-refractivity contribution >= 4 is 11.3 Å². The summed E-state index contributed by atoms with van der Waals surface area (Å²) in [5, 5.41) is 10.4. The molecule has 1 rings (SSSR count). The Kier molecular flexibility index (Phi) is 3.94. The highest BCUT2D eigenvalue weighted by molar-refractivity contribution is 7.11. The van der Waals surface area contributed by atoms with Gasteiger partial charge in [-0.2, -0.15) is 0 Å². The van der Waals surface area contributed by atoms with E-state index in [1.165, 1.54) is 12.8 Å². The topological polar surface area (TPSA) is 25.8 Å². The van der Waals surface area contributed by atoms with Gasteiger partial charge in [-0.05, 0) is 6.42 Å². The standard InChI is InChI=1S/C9H14N2S/c1-3-5-7-9-11-10-8(12-9)6-4-2/h4H,2-3,5-7H2,1H3. The first-order valence-electron chi connectivity index (χ1n) is 4.29. The van der Waals surface area contributed by atoms with Gasteiger partial charge in [0.05, 0.1) is 0 Å². The fraction of sp³-hybridized carbons (Fsp3) is 0.556. The van der Waals surface area contributed by atoms with Crippen molar-refractivity contribution in [1.82, 2.24) is 10.2 Å². The van der Waals surface area contributed by atoms with E-state index in [9.17, 15) is 0 Å². The molecular weight excluding hydrogens is 168 g/mol. The normalized spacial score (nSPS) is 10.1. The quantitative estimate of drug-likeness (QED) is 0.654. The molecule has 0 spiro atoms. The summed E-state index contributed by atoms with van der Waals surface area (Å²) in [7, 11) is 0. The zero-order valence-electron chi connectivity index (χ0n) is 7.42. The van der Waals surface area contributed by atoms with E-state index in [1.807, 2.05) is 6.08 Å². The van der Waals surface area contributed by atoms with Crippen molar-refractivity contribution in [1.29, 1.82) is 0 Å². The SMILES string of the molecule is C=CCc1nnc(CCCC)s1. The molecular formula is C9H14N2S. The third-order valence-electron chi connectivity index (χ3n) is 1.57. The van der Waals surface area contributed by atoms with Crippen LogP contribution in [0.15, 0.2) is 12.7 Å². The van der Waals surface area contributed by atoms with Crippen LogP contribution in [0.3, 0.4) is 0 Å². The number of unbranched alkanes of at least 4 members (excludes halogenated alkanes) is 1. The van der Waals surface area contributed by atoms with Gasteiger partial charge >= 0.3 is 0 Å². The van der Waals surface area contributed by atoms with Crippen LogP contribution in [0.5, 0.6) is 0 Å². The molecule has 0 saturated heterocycles. The van der Waals surface area contributed by atoms with Crippen molar-refractivity contribution in [2.75, 3.05) is 0 Å². The van der Waals surface area contributed by atoms with Crippen LogP contribution in [0.25, 0.3) is 0 Å². The van der Waals surface area contributed by atoms with Gasteiger partial charge < -0.3 is 0 Å². The van der Waals surface area contributed by atoms with Crippen LogP contribution in [0.2, 0.25) is 0 Å². The monoisotopic (exact) mass is 182 g/mol. The van der Waals surface area contributed by atoms with Crippen molar-refractivity contribution < 1.29 is 0 Å². The number of rotatable bonds is 5. The number of aryl methyl sites for hydroxylation is 1. The van der Waals surface area contributed by atoms with E-state index in [2.05, 4.69) is 23.7 Å². The molecule has 2 nitrogen and oxygen atoms in total. The number of nitrogens with zero attached hydrogens (tertiary/aromatic N) is 2. The summed E-state index contributed by atoms with van der Waals surface area (Å²) >= 11 is 1.70. The Morgan fingerprint density at radius 2 is 2.17 bits per heavy atom. The fourth-order valence-corrected chi connectivity index (χ4v) is 1.81. The fourth-order valence-electron chi connectivity index (χ4n) is 0.923. The van der Waals surface area contributed by atoms with Crippen molar-refractivity contribution in [3.8, 4) is 0 Å². The van der Waals surface area contributed by atoms with Gasteiger partial charge in [0.2, 0.25) is 0 Å². The zero-order valence-corrected chi connectivity index (χ0v) is 8.23. The van der Waals surface area contributed by atoms with Gasteiger partial charge in [0.15, 0.2) is 0 Å². The van der Waals surface area contributed by atoms with E-state index < -0.39 is 0 Å². The van der Waals surface area contributed by atoms with Gasteiger partial charge in [-0.15, -0.1) is 28.1 Å². The lowest BCUT2D eigenvalue weighted by Gasteiger charge is -1.88. The van der Waals surface area contributed by atoms with Crippen molar-refractivity contribution in [2.24, 2.45) is 0 Å². The molecule has 0 N–H and O–H groups in total. The van der Waals surface area contributed by atoms with Crippen LogP contribution in [0.1, 0.15) is 29.8 Å². The Balaban J connectivity index is 2.46. The average Bonchev–Trinajstić information content (AvgIpc) is 2.50. The molecule has 0 atom stereocenters. The lowest BCUT2D eigenvalue weighted by molar-refractivity contribution is 0.778. The summed E-state index contributed by atoms with van der Waals surface area (Å²) in [6.07, 6.45) is 6.22.